The summed E-state index contributed by atoms with van der Waals surface area (Å²) in [7, 11) is 0. The van der Waals surface area contributed by atoms with Gasteiger partial charge in [-0.25, -0.2) is 0 Å². The molecule has 1 aliphatic rings. The molecule has 0 aliphatic heterocycles. The second kappa shape index (κ2) is 9.15. The number of halogens is 1. The molecule has 6 nitrogen and oxygen atoms in total. The van der Waals surface area contributed by atoms with Gasteiger partial charge in [-0.1, -0.05) is 30.8 Å². The number of aliphatic imine (C=N–C) groups is 1. The molecule has 0 atom stereocenters. The molecule has 0 aromatic carbocycles. The molecule has 3 N–H and O–H groups in total. The second-order valence-electron chi connectivity index (χ2n) is 5.09. The lowest BCUT2D eigenvalue weighted by atomic mass is 10.1. The van der Waals surface area contributed by atoms with Gasteiger partial charge in [0.25, 0.3) is 0 Å². The van der Waals surface area contributed by atoms with Crippen LogP contribution in [0.15, 0.2) is 9.52 Å². The van der Waals surface area contributed by atoms with E-state index in [0.717, 1.165) is 0 Å². The molecule has 1 aliphatic carbocycles. The summed E-state index contributed by atoms with van der Waals surface area (Å²) >= 11 is 0. The van der Waals surface area contributed by atoms with Crippen LogP contribution in [0.4, 0.5) is 0 Å². The Hall–Kier alpha value is -0.860. The molecule has 1 saturated carbocycles. The van der Waals surface area contributed by atoms with Crippen molar-refractivity contribution >= 4 is 29.9 Å². The van der Waals surface area contributed by atoms with Crippen LogP contribution >= 0.6 is 24.0 Å². The van der Waals surface area contributed by atoms with Gasteiger partial charge in [0, 0.05) is 12.5 Å². The number of rotatable bonds is 4. The summed E-state index contributed by atoms with van der Waals surface area (Å²) < 4.78 is 5.02. The SMILES string of the molecule is Cc1noc(CCN=C(N)NC2CCCCCC2)n1.I. The standard InChI is InChI=1S/C13H23N5O.HI/c1-10-16-12(19-18-10)8-9-15-13(14)17-11-6-4-2-3-5-7-11;/h11H,2-9H2,1H3,(H3,14,15,17);1H. The lowest BCUT2D eigenvalue weighted by Crippen LogP contribution is -2.40. The van der Waals surface area contributed by atoms with Gasteiger partial charge < -0.3 is 15.6 Å². The first-order chi connectivity index (χ1) is 9.24. The normalized spacial score (nSPS) is 17.4. The zero-order chi connectivity index (χ0) is 13.5. The Balaban J connectivity index is 0.00000200. The molecule has 20 heavy (non-hydrogen) atoms. The number of hydrogen-bond acceptors (Lipinski definition) is 4. The quantitative estimate of drug-likeness (QED) is 0.354. The summed E-state index contributed by atoms with van der Waals surface area (Å²) in [6, 6.07) is 0.483. The summed E-state index contributed by atoms with van der Waals surface area (Å²) in [5.74, 6) is 1.80. The summed E-state index contributed by atoms with van der Waals surface area (Å²) in [6.45, 7) is 2.38. The van der Waals surface area contributed by atoms with E-state index in [9.17, 15) is 0 Å². The van der Waals surface area contributed by atoms with Crippen molar-refractivity contribution in [3.05, 3.63) is 11.7 Å². The van der Waals surface area contributed by atoms with Crippen molar-refractivity contribution in [2.24, 2.45) is 10.7 Å². The van der Waals surface area contributed by atoms with E-state index in [4.69, 9.17) is 10.3 Å². The highest BCUT2D eigenvalue weighted by Gasteiger charge is 2.12. The average Bonchev–Trinajstić information content (AvgIpc) is 2.63. The summed E-state index contributed by atoms with van der Waals surface area (Å²) in [5.41, 5.74) is 5.90. The molecule has 1 fully saturated rings. The number of nitrogens with zero attached hydrogens (tertiary/aromatic N) is 3. The molecule has 1 aromatic rings. The van der Waals surface area contributed by atoms with Gasteiger partial charge in [0.2, 0.25) is 5.89 Å². The minimum atomic E-state index is 0. The van der Waals surface area contributed by atoms with Crippen molar-refractivity contribution in [1.82, 2.24) is 15.5 Å². The summed E-state index contributed by atoms with van der Waals surface area (Å²) in [4.78, 5) is 8.44. The van der Waals surface area contributed by atoms with Gasteiger partial charge in [-0.3, -0.25) is 4.99 Å². The molecular weight excluding hydrogens is 369 g/mol. The maximum absolute atomic E-state index is 5.90. The van der Waals surface area contributed by atoms with Gasteiger partial charge in [0.15, 0.2) is 11.8 Å². The van der Waals surface area contributed by atoms with E-state index in [-0.39, 0.29) is 24.0 Å². The van der Waals surface area contributed by atoms with Gasteiger partial charge in [-0.15, -0.1) is 24.0 Å². The molecule has 0 bridgehead atoms. The molecule has 7 heteroatoms. The first-order valence-electron chi connectivity index (χ1n) is 7.09. The minimum absolute atomic E-state index is 0. The predicted octanol–water partition coefficient (Wildman–Crippen LogP) is 2.17. The molecule has 0 saturated heterocycles. The Kier molecular flexibility index (Phi) is 7.86. The summed E-state index contributed by atoms with van der Waals surface area (Å²) in [5, 5.41) is 7.05. The van der Waals surface area contributed by atoms with Crippen molar-refractivity contribution in [1.29, 1.82) is 0 Å². The fourth-order valence-corrected chi connectivity index (χ4v) is 2.39. The van der Waals surface area contributed by atoms with Gasteiger partial charge in [-0.05, 0) is 19.8 Å². The smallest absolute Gasteiger partial charge is 0.228 e. The molecular formula is C13H24IN5O. The maximum Gasteiger partial charge on any atom is 0.228 e. The van der Waals surface area contributed by atoms with Gasteiger partial charge in [0.1, 0.15) is 0 Å². The van der Waals surface area contributed by atoms with E-state index >= 15 is 0 Å². The Bertz CT molecular complexity index is 413. The van der Waals surface area contributed by atoms with Crippen LogP contribution < -0.4 is 11.1 Å². The van der Waals surface area contributed by atoms with E-state index in [1.165, 1.54) is 38.5 Å². The van der Waals surface area contributed by atoms with Gasteiger partial charge in [-0.2, -0.15) is 4.98 Å². The fraction of sp³-hybridized carbons (Fsp3) is 0.769. The largest absolute Gasteiger partial charge is 0.370 e. The highest BCUT2D eigenvalue weighted by Crippen LogP contribution is 2.16. The summed E-state index contributed by atoms with van der Waals surface area (Å²) in [6.07, 6.45) is 8.27. The Morgan fingerprint density at radius 1 is 1.35 bits per heavy atom. The highest BCUT2D eigenvalue weighted by molar-refractivity contribution is 14.0. The zero-order valence-electron chi connectivity index (χ0n) is 12.0. The molecule has 0 unspecified atom stereocenters. The Morgan fingerprint density at radius 3 is 2.65 bits per heavy atom. The number of aryl methyl sites for hydroxylation is 1. The number of nitrogens with one attached hydrogen (secondary N) is 1. The van der Waals surface area contributed by atoms with Crippen LogP contribution in [0.25, 0.3) is 0 Å². The van der Waals surface area contributed by atoms with Gasteiger partial charge in [0.05, 0.1) is 6.54 Å². The van der Waals surface area contributed by atoms with Crippen LogP contribution in [-0.4, -0.2) is 28.7 Å². The monoisotopic (exact) mass is 393 g/mol. The van der Waals surface area contributed by atoms with E-state index < -0.39 is 0 Å². The third kappa shape index (κ3) is 6.06. The fourth-order valence-electron chi connectivity index (χ4n) is 2.39. The average molecular weight is 393 g/mol. The van der Waals surface area contributed by atoms with Crippen LogP contribution in [0, 0.1) is 6.92 Å². The van der Waals surface area contributed by atoms with Crippen LogP contribution in [0.3, 0.4) is 0 Å². The molecule has 1 aromatic heterocycles. The van der Waals surface area contributed by atoms with Crippen LogP contribution in [0.2, 0.25) is 0 Å². The van der Waals surface area contributed by atoms with E-state index in [0.29, 0.717) is 36.7 Å². The van der Waals surface area contributed by atoms with E-state index in [1.54, 1.807) is 6.92 Å². The zero-order valence-corrected chi connectivity index (χ0v) is 14.3. The van der Waals surface area contributed by atoms with E-state index in [2.05, 4.69) is 20.4 Å². The molecule has 114 valence electrons. The number of hydrogen-bond donors (Lipinski definition) is 2. The van der Waals surface area contributed by atoms with Crippen LogP contribution in [0.1, 0.15) is 50.2 Å². The van der Waals surface area contributed by atoms with Crippen molar-refractivity contribution in [3.8, 4) is 0 Å². The number of guanidine groups is 1. The second-order valence-corrected chi connectivity index (χ2v) is 5.09. The number of nitrogens with two attached hydrogens (primary N) is 1. The third-order valence-electron chi connectivity index (χ3n) is 3.38. The lowest BCUT2D eigenvalue weighted by molar-refractivity contribution is 0.376. The molecule has 1 heterocycles. The van der Waals surface area contributed by atoms with E-state index in [1.807, 2.05) is 0 Å². The molecule has 0 spiro atoms. The molecule has 0 amide bonds. The third-order valence-corrected chi connectivity index (χ3v) is 3.38. The van der Waals surface area contributed by atoms with Gasteiger partial charge >= 0.3 is 0 Å². The first kappa shape index (κ1) is 17.2. The first-order valence-corrected chi connectivity index (χ1v) is 7.09. The van der Waals surface area contributed by atoms with Crippen molar-refractivity contribution in [2.75, 3.05) is 6.54 Å². The van der Waals surface area contributed by atoms with Crippen molar-refractivity contribution in [3.63, 3.8) is 0 Å². The van der Waals surface area contributed by atoms with Crippen LogP contribution in [-0.2, 0) is 6.42 Å². The maximum atomic E-state index is 5.90. The molecule has 2 rings (SSSR count). The van der Waals surface area contributed by atoms with Crippen LogP contribution in [0.5, 0.6) is 0 Å². The Morgan fingerprint density at radius 2 is 2.05 bits per heavy atom. The Labute approximate surface area is 137 Å². The van der Waals surface area contributed by atoms with Crippen molar-refractivity contribution in [2.45, 2.75) is 57.9 Å². The van der Waals surface area contributed by atoms with Crippen molar-refractivity contribution < 1.29 is 4.52 Å². The number of aromatic nitrogens is 2. The minimum Gasteiger partial charge on any atom is -0.370 e. The predicted molar refractivity (Wildman–Crippen MR) is 89.3 cm³/mol. The lowest BCUT2D eigenvalue weighted by Gasteiger charge is -2.16. The topological polar surface area (TPSA) is 89.3 Å². The highest BCUT2D eigenvalue weighted by atomic mass is 127. The molecule has 0 radical (unpaired) electrons.